The van der Waals surface area contributed by atoms with Crippen molar-refractivity contribution < 1.29 is 0 Å². The Kier molecular flexibility index (Phi) is 3.25. The highest BCUT2D eigenvalue weighted by Crippen LogP contribution is 2.17. The van der Waals surface area contributed by atoms with Crippen LogP contribution in [0, 0.1) is 9.85 Å². The Morgan fingerprint density at radius 2 is 2.15 bits per heavy atom. The van der Waals surface area contributed by atoms with E-state index in [1.165, 1.54) is 0 Å². The summed E-state index contributed by atoms with van der Waals surface area (Å²) in [6.45, 7) is 6.79. The van der Waals surface area contributed by atoms with Gasteiger partial charge in [0.25, 0.3) is 0 Å². The van der Waals surface area contributed by atoms with Gasteiger partial charge in [0.15, 0.2) is 5.82 Å². The van der Waals surface area contributed by atoms with Gasteiger partial charge in [-0.25, -0.2) is 4.68 Å². The van der Waals surface area contributed by atoms with Gasteiger partial charge in [-0.05, 0) is 14.4 Å². The standard InChI is InChI=1S/C8H11IN4/c1-8(2,3)7-10-11-12-13(7)6-4-5-9/h6H2,1-3H3. The third kappa shape index (κ3) is 2.66. The number of hydrogen-bond acceptors (Lipinski definition) is 3. The first-order valence-corrected chi connectivity index (χ1v) is 4.98. The molecule has 0 spiro atoms. The van der Waals surface area contributed by atoms with Crippen LogP contribution >= 0.6 is 22.6 Å². The molecule has 0 bridgehead atoms. The van der Waals surface area contributed by atoms with Crippen molar-refractivity contribution in [1.29, 1.82) is 0 Å². The lowest BCUT2D eigenvalue weighted by Crippen LogP contribution is -2.19. The summed E-state index contributed by atoms with van der Waals surface area (Å²) in [4.78, 5) is 0. The molecule has 0 saturated heterocycles. The van der Waals surface area contributed by atoms with Gasteiger partial charge in [-0.1, -0.05) is 26.7 Å². The molecule has 0 amide bonds. The maximum absolute atomic E-state index is 3.97. The van der Waals surface area contributed by atoms with Crippen LogP contribution in [-0.2, 0) is 12.0 Å². The zero-order chi connectivity index (χ0) is 9.90. The van der Waals surface area contributed by atoms with Crippen LogP contribution in [0.1, 0.15) is 26.6 Å². The SMILES string of the molecule is CC(C)(C)c1nnnn1CC#CI. The summed E-state index contributed by atoms with van der Waals surface area (Å²) in [6.07, 6.45) is 0. The van der Waals surface area contributed by atoms with Gasteiger partial charge in [-0.15, -0.1) is 5.10 Å². The summed E-state index contributed by atoms with van der Waals surface area (Å²) < 4.78 is 4.52. The molecule has 4 nitrogen and oxygen atoms in total. The molecule has 70 valence electrons. The molecule has 0 fully saturated rings. The molecule has 13 heavy (non-hydrogen) atoms. The monoisotopic (exact) mass is 290 g/mol. The molecule has 0 aromatic carbocycles. The second-order valence-corrected chi connectivity index (χ2v) is 4.22. The third-order valence-electron chi connectivity index (χ3n) is 1.50. The smallest absolute Gasteiger partial charge is 0.157 e. The third-order valence-corrected chi connectivity index (χ3v) is 1.88. The molecule has 0 atom stereocenters. The molecule has 0 radical (unpaired) electrons. The summed E-state index contributed by atoms with van der Waals surface area (Å²) in [5, 5.41) is 11.5. The van der Waals surface area contributed by atoms with E-state index in [1.54, 1.807) is 4.68 Å². The molecule has 0 aliphatic heterocycles. The van der Waals surface area contributed by atoms with Gasteiger partial charge in [0.05, 0.1) is 0 Å². The zero-order valence-electron chi connectivity index (χ0n) is 7.87. The molecular weight excluding hydrogens is 279 g/mol. The van der Waals surface area contributed by atoms with E-state index in [-0.39, 0.29) is 5.41 Å². The van der Waals surface area contributed by atoms with Gasteiger partial charge in [0.1, 0.15) is 6.54 Å². The Morgan fingerprint density at radius 1 is 1.46 bits per heavy atom. The largest absolute Gasteiger partial charge is 0.217 e. The van der Waals surface area contributed by atoms with E-state index in [4.69, 9.17) is 0 Å². The van der Waals surface area contributed by atoms with Crippen molar-refractivity contribution in [3.63, 3.8) is 0 Å². The second-order valence-electron chi connectivity index (χ2n) is 3.68. The summed E-state index contributed by atoms with van der Waals surface area (Å²) >= 11 is 2.00. The molecule has 1 aromatic heterocycles. The summed E-state index contributed by atoms with van der Waals surface area (Å²) in [7, 11) is 0. The van der Waals surface area contributed by atoms with Crippen LogP contribution < -0.4 is 0 Å². The molecular formula is C8H11IN4. The van der Waals surface area contributed by atoms with E-state index in [0.29, 0.717) is 6.54 Å². The summed E-state index contributed by atoms with van der Waals surface area (Å²) in [5.74, 6) is 3.79. The Balaban J connectivity index is 2.94. The number of rotatable bonds is 1. The minimum atomic E-state index is -0.0313. The molecule has 1 heterocycles. The quantitative estimate of drug-likeness (QED) is 0.579. The van der Waals surface area contributed by atoms with Crippen LogP contribution in [0.25, 0.3) is 0 Å². The fourth-order valence-electron chi connectivity index (χ4n) is 0.953. The number of tetrazole rings is 1. The van der Waals surface area contributed by atoms with Gasteiger partial charge >= 0.3 is 0 Å². The topological polar surface area (TPSA) is 43.6 Å². The van der Waals surface area contributed by atoms with Crippen molar-refractivity contribution in [3.05, 3.63) is 5.82 Å². The first-order valence-electron chi connectivity index (χ1n) is 3.91. The minimum absolute atomic E-state index is 0.0313. The lowest BCUT2D eigenvalue weighted by Gasteiger charge is -2.15. The fraction of sp³-hybridized carbons (Fsp3) is 0.625. The van der Waals surface area contributed by atoms with E-state index in [2.05, 4.69) is 46.1 Å². The highest BCUT2D eigenvalue weighted by molar-refractivity contribution is 14.1. The average Bonchev–Trinajstić information content (AvgIpc) is 2.47. The Bertz CT molecular complexity index is 339. The van der Waals surface area contributed by atoms with Gasteiger partial charge in [0, 0.05) is 28.0 Å². The molecule has 0 unspecified atom stereocenters. The van der Waals surface area contributed by atoms with Gasteiger partial charge in [0.2, 0.25) is 0 Å². The molecule has 5 heteroatoms. The van der Waals surface area contributed by atoms with Gasteiger partial charge < -0.3 is 0 Å². The van der Waals surface area contributed by atoms with E-state index < -0.39 is 0 Å². The van der Waals surface area contributed by atoms with Crippen LogP contribution in [0.2, 0.25) is 0 Å². The predicted octanol–water partition coefficient (Wildman–Crippen LogP) is 1.37. The number of hydrogen-bond donors (Lipinski definition) is 0. The molecule has 1 aromatic rings. The van der Waals surface area contributed by atoms with E-state index in [1.807, 2.05) is 22.6 Å². The highest BCUT2D eigenvalue weighted by atomic mass is 127. The van der Waals surface area contributed by atoms with Gasteiger partial charge in [-0.3, -0.25) is 0 Å². The number of aromatic nitrogens is 4. The molecule has 0 N–H and O–H groups in total. The van der Waals surface area contributed by atoms with Crippen LogP contribution in [0.3, 0.4) is 0 Å². The fourth-order valence-corrected chi connectivity index (χ4v) is 1.12. The average molecular weight is 290 g/mol. The molecule has 0 saturated carbocycles. The Labute approximate surface area is 91.2 Å². The molecule has 1 rings (SSSR count). The lowest BCUT2D eigenvalue weighted by atomic mass is 9.96. The van der Waals surface area contributed by atoms with Crippen LogP contribution in [0.4, 0.5) is 0 Å². The predicted molar refractivity (Wildman–Crippen MR) is 58.3 cm³/mol. The van der Waals surface area contributed by atoms with E-state index in [0.717, 1.165) is 5.82 Å². The van der Waals surface area contributed by atoms with Crippen molar-refractivity contribution in [1.82, 2.24) is 20.2 Å². The Morgan fingerprint density at radius 3 is 2.69 bits per heavy atom. The zero-order valence-corrected chi connectivity index (χ0v) is 10.0. The summed E-state index contributed by atoms with van der Waals surface area (Å²) in [5.41, 5.74) is -0.0313. The Hall–Kier alpha value is -0.640. The molecule has 0 aliphatic carbocycles. The first-order chi connectivity index (χ1) is 6.05. The highest BCUT2D eigenvalue weighted by Gasteiger charge is 2.21. The van der Waals surface area contributed by atoms with Crippen molar-refractivity contribution in [3.8, 4) is 9.85 Å². The van der Waals surface area contributed by atoms with Gasteiger partial charge in [-0.2, -0.15) is 0 Å². The minimum Gasteiger partial charge on any atom is -0.217 e. The van der Waals surface area contributed by atoms with Crippen LogP contribution in [0.5, 0.6) is 0 Å². The van der Waals surface area contributed by atoms with Crippen molar-refractivity contribution in [2.45, 2.75) is 32.7 Å². The molecule has 0 aliphatic rings. The number of halogens is 1. The van der Waals surface area contributed by atoms with Crippen LogP contribution in [-0.4, -0.2) is 20.2 Å². The van der Waals surface area contributed by atoms with E-state index >= 15 is 0 Å². The maximum atomic E-state index is 3.97. The first kappa shape index (κ1) is 10.4. The van der Waals surface area contributed by atoms with Crippen molar-refractivity contribution in [2.75, 3.05) is 0 Å². The van der Waals surface area contributed by atoms with Crippen LogP contribution in [0.15, 0.2) is 0 Å². The lowest BCUT2D eigenvalue weighted by molar-refractivity contribution is 0.496. The van der Waals surface area contributed by atoms with E-state index in [9.17, 15) is 0 Å². The van der Waals surface area contributed by atoms with Crippen molar-refractivity contribution >= 4 is 22.6 Å². The second kappa shape index (κ2) is 4.05. The maximum Gasteiger partial charge on any atom is 0.157 e. The summed E-state index contributed by atoms with van der Waals surface area (Å²) in [6, 6.07) is 0. The van der Waals surface area contributed by atoms with Crippen molar-refractivity contribution in [2.24, 2.45) is 0 Å². The normalized spacial score (nSPS) is 10.8. The number of nitrogens with zero attached hydrogens (tertiary/aromatic N) is 4.